The Bertz CT molecular complexity index is 851. The summed E-state index contributed by atoms with van der Waals surface area (Å²) in [7, 11) is 0. The molecule has 1 saturated heterocycles. The molecule has 1 saturated carbocycles. The molecule has 33 heavy (non-hydrogen) atoms. The summed E-state index contributed by atoms with van der Waals surface area (Å²) in [6.45, 7) is 10.2. The monoisotopic (exact) mass is 526 g/mol. The molecule has 1 aromatic carbocycles. The quantitative estimate of drug-likeness (QED) is 0.495. The molecule has 0 N–H and O–H groups in total. The summed E-state index contributed by atoms with van der Waals surface area (Å²) < 4.78 is 26.2. The fraction of sp³-hybridized carbons (Fsp3) is 0.680. The highest BCUT2D eigenvalue weighted by molar-refractivity contribution is 9.09. The van der Waals surface area contributed by atoms with Crippen molar-refractivity contribution in [3.05, 3.63) is 35.1 Å². The van der Waals surface area contributed by atoms with Crippen LogP contribution in [-0.4, -0.2) is 64.0 Å². The van der Waals surface area contributed by atoms with E-state index in [4.69, 9.17) is 9.47 Å². The first-order chi connectivity index (χ1) is 15.4. The van der Waals surface area contributed by atoms with Crippen molar-refractivity contribution in [2.24, 2.45) is 0 Å². The van der Waals surface area contributed by atoms with E-state index in [0.29, 0.717) is 35.6 Å². The average Bonchev–Trinajstić information content (AvgIpc) is 2.73. The van der Waals surface area contributed by atoms with Crippen molar-refractivity contribution >= 4 is 27.9 Å². The molecule has 6 nitrogen and oxygen atoms in total. The lowest BCUT2D eigenvalue weighted by Crippen LogP contribution is -2.57. The molecular formula is C25H36BrFN2O4. The Balaban J connectivity index is 1.74. The molecule has 3 rings (SSSR count). The lowest BCUT2D eigenvalue weighted by atomic mass is 9.96. The number of carbonyl (C=O) groups is 2. The minimum Gasteiger partial charge on any atom is -0.444 e. The zero-order chi connectivity index (χ0) is 24.3. The molecule has 184 valence electrons. The van der Waals surface area contributed by atoms with Crippen LogP contribution in [0.4, 0.5) is 9.18 Å². The van der Waals surface area contributed by atoms with Crippen molar-refractivity contribution < 1.29 is 23.5 Å². The van der Waals surface area contributed by atoms with Gasteiger partial charge in [0.1, 0.15) is 11.4 Å². The van der Waals surface area contributed by atoms with Gasteiger partial charge in [0.15, 0.2) is 6.10 Å². The molecule has 1 aliphatic carbocycles. The minimum atomic E-state index is -0.864. The first-order valence-corrected chi connectivity index (χ1v) is 12.7. The highest BCUT2D eigenvalue weighted by Crippen LogP contribution is 2.32. The molecule has 1 aromatic rings. The van der Waals surface area contributed by atoms with Crippen molar-refractivity contribution in [3.8, 4) is 0 Å². The highest BCUT2D eigenvalue weighted by Gasteiger charge is 2.37. The van der Waals surface area contributed by atoms with E-state index in [1.165, 1.54) is 6.07 Å². The molecule has 1 unspecified atom stereocenters. The number of piperazine rings is 1. The summed E-state index contributed by atoms with van der Waals surface area (Å²) in [5.74, 6) is -0.531. The number of amides is 2. The number of rotatable bonds is 4. The molecule has 0 radical (unpaired) electrons. The Morgan fingerprint density at radius 3 is 2.39 bits per heavy atom. The summed E-state index contributed by atoms with van der Waals surface area (Å²) in [5, 5.41) is 0. The van der Waals surface area contributed by atoms with Crippen LogP contribution < -0.4 is 0 Å². The van der Waals surface area contributed by atoms with E-state index in [-0.39, 0.29) is 30.0 Å². The molecule has 8 heteroatoms. The van der Waals surface area contributed by atoms with Gasteiger partial charge in [0.05, 0.1) is 6.10 Å². The highest BCUT2D eigenvalue weighted by atomic mass is 79.9. The van der Waals surface area contributed by atoms with Crippen molar-refractivity contribution in [1.29, 1.82) is 0 Å². The number of alkyl halides is 1. The van der Waals surface area contributed by atoms with Gasteiger partial charge in [-0.2, -0.15) is 0 Å². The number of hydrogen-bond donors (Lipinski definition) is 0. The number of aryl methyl sites for hydroxylation is 1. The Morgan fingerprint density at radius 2 is 1.82 bits per heavy atom. The standard InChI is InChI=1S/C25H36BrFN2O4/c1-16-6-7-18(14-21(16)27)22(32-20-10-8-19(26)9-11-20)23(30)28-12-13-29(17(2)15-28)24(31)33-25(3,4)5/h6-7,14,17,19-20,22H,8-13,15H2,1-5H3/t17-,19?,20?,22?/m1/s1. The van der Waals surface area contributed by atoms with E-state index >= 15 is 0 Å². The fourth-order valence-corrected chi connectivity index (χ4v) is 4.85. The second kappa shape index (κ2) is 10.7. The lowest BCUT2D eigenvalue weighted by molar-refractivity contribution is -0.152. The van der Waals surface area contributed by atoms with E-state index in [1.807, 2.05) is 27.7 Å². The first-order valence-electron chi connectivity index (χ1n) is 11.8. The van der Waals surface area contributed by atoms with Crippen LogP contribution in [0.1, 0.15) is 70.6 Å². The van der Waals surface area contributed by atoms with Crippen molar-refractivity contribution in [2.45, 2.75) is 89.0 Å². The number of carbonyl (C=O) groups excluding carboxylic acids is 2. The number of hydrogen-bond acceptors (Lipinski definition) is 4. The van der Waals surface area contributed by atoms with Crippen molar-refractivity contribution in [1.82, 2.24) is 9.80 Å². The van der Waals surface area contributed by atoms with Gasteiger partial charge in [-0.25, -0.2) is 9.18 Å². The van der Waals surface area contributed by atoms with Gasteiger partial charge in [-0.15, -0.1) is 0 Å². The summed E-state index contributed by atoms with van der Waals surface area (Å²) in [6, 6.07) is 4.68. The van der Waals surface area contributed by atoms with Gasteiger partial charge in [0.2, 0.25) is 0 Å². The van der Waals surface area contributed by atoms with Gasteiger partial charge in [-0.3, -0.25) is 4.79 Å². The van der Waals surface area contributed by atoms with Crippen LogP contribution in [0.15, 0.2) is 18.2 Å². The largest absolute Gasteiger partial charge is 0.444 e. The third kappa shape index (κ3) is 6.92. The third-order valence-corrected chi connectivity index (χ3v) is 7.14. The van der Waals surface area contributed by atoms with Crippen LogP contribution >= 0.6 is 15.9 Å². The molecule has 1 heterocycles. The van der Waals surface area contributed by atoms with Crippen LogP contribution in [0.3, 0.4) is 0 Å². The first kappa shape index (κ1) is 25.9. The summed E-state index contributed by atoms with van der Waals surface area (Å²) in [6.07, 6.45) is 2.41. The van der Waals surface area contributed by atoms with E-state index in [0.717, 1.165) is 25.7 Å². The van der Waals surface area contributed by atoms with E-state index < -0.39 is 11.7 Å². The second-order valence-electron chi connectivity index (χ2n) is 10.2. The maximum Gasteiger partial charge on any atom is 0.410 e. The van der Waals surface area contributed by atoms with Gasteiger partial charge < -0.3 is 19.3 Å². The molecule has 2 aliphatic rings. The van der Waals surface area contributed by atoms with Crippen LogP contribution in [0.5, 0.6) is 0 Å². The van der Waals surface area contributed by atoms with Crippen LogP contribution in [0.25, 0.3) is 0 Å². The third-order valence-electron chi connectivity index (χ3n) is 6.22. The zero-order valence-corrected chi connectivity index (χ0v) is 21.9. The minimum absolute atomic E-state index is 0.0439. The van der Waals surface area contributed by atoms with Gasteiger partial charge in [-0.1, -0.05) is 28.1 Å². The Kier molecular flexibility index (Phi) is 8.43. The van der Waals surface area contributed by atoms with Crippen LogP contribution in [0, 0.1) is 12.7 Å². The Labute approximate surface area is 204 Å². The van der Waals surface area contributed by atoms with Crippen LogP contribution in [-0.2, 0) is 14.3 Å². The summed E-state index contributed by atoms with van der Waals surface area (Å²) in [5.41, 5.74) is 0.488. The van der Waals surface area contributed by atoms with Gasteiger partial charge in [0.25, 0.3) is 5.91 Å². The predicted octanol–water partition coefficient (Wildman–Crippen LogP) is 5.37. The molecule has 0 spiro atoms. The fourth-order valence-electron chi connectivity index (χ4n) is 4.32. The molecular weight excluding hydrogens is 491 g/mol. The molecule has 0 aromatic heterocycles. The molecule has 2 amide bonds. The number of halogens is 2. The van der Waals surface area contributed by atoms with Crippen molar-refractivity contribution in [2.75, 3.05) is 19.6 Å². The predicted molar refractivity (Wildman–Crippen MR) is 129 cm³/mol. The average molecular weight is 527 g/mol. The molecule has 2 fully saturated rings. The topological polar surface area (TPSA) is 59.1 Å². The van der Waals surface area contributed by atoms with Crippen LogP contribution in [0.2, 0.25) is 0 Å². The number of benzene rings is 1. The van der Waals surface area contributed by atoms with Gasteiger partial charge in [0, 0.05) is 30.5 Å². The molecule has 1 aliphatic heterocycles. The normalized spacial score (nSPS) is 25.0. The smallest absolute Gasteiger partial charge is 0.410 e. The van der Waals surface area contributed by atoms with Gasteiger partial charge >= 0.3 is 6.09 Å². The second-order valence-corrected chi connectivity index (χ2v) is 11.5. The van der Waals surface area contributed by atoms with E-state index in [2.05, 4.69) is 15.9 Å². The summed E-state index contributed by atoms with van der Waals surface area (Å²) >= 11 is 3.66. The Hall–Kier alpha value is -1.67. The zero-order valence-electron chi connectivity index (χ0n) is 20.3. The number of nitrogens with zero attached hydrogens (tertiary/aromatic N) is 2. The SMILES string of the molecule is Cc1ccc(C(OC2CCC(Br)CC2)C(=O)N2CCN(C(=O)OC(C)(C)C)[C@H](C)C2)cc1F. The van der Waals surface area contributed by atoms with E-state index in [9.17, 15) is 14.0 Å². The van der Waals surface area contributed by atoms with Gasteiger partial charge in [-0.05, 0) is 77.5 Å². The summed E-state index contributed by atoms with van der Waals surface area (Å²) in [4.78, 5) is 30.0. The van der Waals surface area contributed by atoms with Crippen molar-refractivity contribution in [3.63, 3.8) is 0 Å². The van der Waals surface area contributed by atoms with E-state index in [1.54, 1.807) is 28.9 Å². The lowest BCUT2D eigenvalue weighted by Gasteiger charge is -2.41. The maximum absolute atomic E-state index is 14.4. The maximum atomic E-state index is 14.4. The Morgan fingerprint density at radius 1 is 1.15 bits per heavy atom. The number of ether oxygens (including phenoxy) is 2. The molecule has 0 bridgehead atoms. The molecule has 2 atom stereocenters.